The molecule has 2 rings (SSSR count). The molecule has 21 heavy (non-hydrogen) atoms. The predicted molar refractivity (Wildman–Crippen MR) is 86.6 cm³/mol. The van der Waals surface area contributed by atoms with E-state index in [1.165, 1.54) is 0 Å². The van der Waals surface area contributed by atoms with Crippen LogP contribution in [0.25, 0.3) is 0 Å². The van der Waals surface area contributed by atoms with Crippen molar-refractivity contribution >= 4 is 28.8 Å². The average Bonchev–Trinajstić information content (AvgIpc) is 2.49. The zero-order valence-corrected chi connectivity index (χ0v) is 13.5. The van der Waals surface area contributed by atoms with Gasteiger partial charge in [-0.15, -0.1) is 0 Å². The van der Waals surface area contributed by atoms with Crippen molar-refractivity contribution < 1.29 is 14.2 Å². The van der Waals surface area contributed by atoms with Crippen molar-refractivity contribution in [3.05, 3.63) is 22.7 Å². The van der Waals surface area contributed by atoms with Gasteiger partial charge >= 0.3 is 0 Å². The van der Waals surface area contributed by atoms with E-state index in [2.05, 4.69) is 4.90 Å². The summed E-state index contributed by atoms with van der Waals surface area (Å²) < 4.78 is 16.4. The van der Waals surface area contributed by atoms with Gasteiger partial charge in [0.25, 0.3) is 0 Å². The second-order valence-electron chi connectivity index (χ2n) is 4.66. The van der Waals surface area contributed by atoms with Crippen molar-refractivity contribution in [1.29, 1.82) is 0 Å². The Morgan fingerprint density at radius 3 is 2.76 bits per heavy atom. The number of rotatable bonds is 6. The van der Waals surface area contributed by atoms with Crippen LogP contribution in [0.1, 0.15) is 5.56 Å². The fourth-order valence-corrected chi connectivity index (χ4v) is 2.49. The van der Waals surface area contributed by atoms with Crippen LogP contribution in [0.3, 0.4) is 0 Å². The standard InChI is InChI=1S/C14H19ClN2O3S/c1-18-12-9-10(14(16)21)8-11(15)13(12)20-7-4-17-2-5-19-6-3-17/h8-9H,2-7H2,1H3,(H2,16,21). The smallest absolute Gasteiger partial charge is 0.179 e. The molecule has 1 heterocycles. The second kappa shape index (κ2) is 7.79. The van der Waals surface area contributed by atoms with E-state index < -0.39 is 0 Å². The first-order valence-electron chi connectivity index (χ1n) is 6.72. The lowest BCUT2D eigenvalue weighted by Gasteiger charge is -2.26. The summed E-state index contributed by atoms with van der Waals surface area (Å²) in [6.45, 7) is 4.74. The molecular formula is C14H19ClN2O3S. The highest BCUT2D eigenvalue weighted by molar-refractivity contribution is 7.80. The summed E-state index contributed by atoms with van der Waals surface area (Å²) in [4.78, 5) is 2.56. The van der Waals surface area contributed by atoms with Crippen molar-refractivity contribution in [2.24, 2.45) is 5.73 Å². The third-order valence-electron chi connectivity index (χ3n) is 3.27. The molecular weight excluding hydrogens is 312 g/mol. The number of halogens is 1. The van der Waals surface area contributed by atoms with E-state index >= 15 is 0 Å². The van der Waals surface area contributed by atoms with Gasteiger partial charge in [0, 0.05) is 25.2 Å². The number of methoxy groups -OCH3 is 1. The molecule has 0 aromatic heterocycles. The molecule has 0 atom stereocenters. The summed E-state index contributed by atoms with van der Waals surface area (Å²) in [7, 11) is 1.56. The molecule has 5 nitrogen and oxygen atoms in total. The molecule has 0 saturated carbocycles. The van der Waals surface area contributed by atoms with Gasteiger partial charge in [-0.1, -0.05) is 23.8 Å². The molecule has 0 amide bonds. The SMILES string of the molecule is COc1cc(C(N)=S)cc(Cl)c1OCCN1CCOCC1. The number of hydrogen-bond acceptors (Lipinski definition) is 5. The quantitative estimate of drug-likeness (QED) is 0.801. The summed E-state index contributed by atoms with van der Waals surface area (Å²) in [6, 6.07) is 3.43. The Hall–Kier alpha value is -1.08. The van der Waals surface area contributed by atoms with Crippen molar-refractivity contribution in [1.82, 2.24) is 4.90 Å². The summed E-state index contributed by atoms with van der Waals surface area (Å²) in [5.74, 6) is 1.06. The van der Waals surface area contributed by atoms with E-state index in [-0.39, 0.29) is 4.99 Å². The molecule has 1 aliphatic rings. The highest BCUT2D eigenvalue weighted by atomic mass is 35.5. The number of nitrogens with zero attached hydrogens (tertiary/aromatic N) is 1. The maximum absolute atomic E-state index is 6.23. The lowest BCUT2D eigenvalue weighted by molar-refractivity contribution is 0.0321. The largest absolute Gasteiger partial charge is 0.493 e. The maximum atomic E-state index is 6.23. The van der Waals surface area contributed by atoms with E-state index in [1.54, 1.807) is 19.2 Å². The lowest BCUT2D eigenvalue weighted by Crippen LogP contribution is -2.38. The molecule has 1 aliphatic heterocycles. The van der Waals surface area contributed by atoms with Crippen molar-refractivity contribution in [2.75, 3.05) is 46.6 Å². The molecule has 0 aliphatic carbocycles. The molecule has 1 aromatic carbocycles. The monoisotopic (exact) mass is 330 g/mol. The normalized spacial score (nSPS) is 15.7. The Morgan fingerprint density at radius 2 is 2.14 bits per heavy atom. The topological polar surface area (TPSA) is 57.0 Å². The first-order valence-corrected chi connectivity index (χ1v) is 7.50. The minimum atomic E-state index is 0.273. The fourth-order valence-electron chi connectivity index (χ4n) is 2.10. The number of benzene rings is 1. The van der Waals surface area contributed by atoms with Crippen LogP contribution in [-0.4, -0.2) is 56.5 Å². The molecule has 116 valence electrons. The van der Waals surface area contributed by atoms with Crippen LogP contribution in [0, 0.1) is 0 Å². The average molecular weight is 331 g/mol. The first kappa shape index (κ1) is 16.3. The van der Waals surface area contributed by atoms with Crippen molar-refractivity contribution in [2.45, 2.75) is 0 Å². The van der Waals surface area contributed by atoms with Crippen LogP contribution in [0.4, 0.5) is 0 Å². The molecule has 0 unspecified atom stereocenters. The zero-order valence-electron chi connectivity index (χ0n) is 11.9. The number of morpholine rings is 1. The number of thiocarbonyl (C=S) groups is 1. The Labute approximate surface area is 134 Å². The number of hydrogen-bond donors (Lipinski definition) is 1. The molecule has 1 saturated heterocycles. The summed E-state index contributed by atoms with van der Waals surface area (Å²) in [5, 5.41) is 0.444. The van der Waals surface area contributed by atoms with E-state index in [4.69, 9.17) is 43.8 Å². The van der Waals surface area contributed by atoms with Crippen molar-refractivity contribution in [3.8, 4) is 11.5 Å². The highest BCUT2D eigenvalue weighted by Gasteiger charge is 2.15. The van der Waals surface area contributed by atoms with Gasteiger partial charge in [0.15, 0.2) is 11.5 Å². The minimum absolute atomic E-state index is 0.273. The molecule has 1 aromatic rings. The summed E-state index contributed by atoms with van der Waals surface area (Å²) in [5.41, 5.74) is 6.27. The molecule has 2 N–H and O–H groups in total. The van der Waals surface area contributed by atoms with Crippen LogP contribution >= 0.6 is 23.8 Å². The third kappa shape index (κ3) is 4.44. The predicted octanol–water partition coefficient (Wildman–Crippen LogP) is 1.69. The highest BCUT2D eigenvalue weighted by Crippen LogP contribution is 2.36. The minimum Gasteiger partial charge on any atom is -0.493 e. The van der Waals surface area contributed by atoms with Gasteiger partial charge < -0.3 is 19.9 Å². The molecule has 7 heteroatoms. The van der Waals surface area contributed by atoms with Gasteiger partial charge in [-0.3, -0.25) is 4.90 Å². The molecule has 0 bridgehead atoms. The van der Waals surface area contributed by atoms with E-state index in [9.17, 15) is 0 Å². The van der Waals surface area contributed by atoms with Gasteiger partial charge in [-0.25, -0.2) is 0 Å². The van der Waals surface area contributed by atoms with Gasteiger partial charge in [0.05, 0.1) is 25.3 Å². The first-order chi connectivity index (χ1) is 10.1. The van der Waals surface area contributed by atoms with E-state index in [0.29, 0.717) is 28.7 Å². The van der Waals surface area contributed by atoms with Crippen molar-refractivity contribution in [3.63, 3.8) is 0 Å². The Kier molecular flexibility index (Phi) is 6.05. The maximum Gasteiger partial charge on any atom is 0.179 e. The Morgan fingerprint density at radius 1 is 1.43 bits per heavy atom. The molecule has 0 radical (unpaired) electrons. The number of nitrogens with two attached hydrogens (primary N) is 1. The second-order valence-corrected chi connectivity index (χ2v) is 5.50. The Bertz CT molecular complexity index is 507. The van der Waals surface area contributed by atoms with Crippen LogP contribution in [0.2, 0.25) is 5.02 Å². The van der Waals surface area contributed by atoms with Gasteiger partial charge in [0.1, 0.15) is 11.6 Å². The van der Waals surface area contributed by atoms with E-state index in [1.807, 2.05) is 0 Å². The molecule has 0 spiro atoms. The summed E-state index contributed by atoms with van der Waals surface area (Å²) >= 11 is 11.2. The summed E-state index contributed by atoms with van der Waals surface area (Å²) in [6.07, 6.45) is 0. The zero-order chi connectivity index (χ0) is 15.2. The van der Waals surface area contributed by atoms with Gasteiger partial charge in [-0.05, 0) is 12.1 Å². The van der Waals surface area contributed by atoms with Crippen LogP contribution in [0.5, 0.6) is 11.5 Å². The van der Waals surface area contributed by atoms with E-state index in [0.717, 1.165) is 32.8 Å². The van der Waals surface area contributed by atoms with Gasteiger partial charge in [-0.2, -0.15) is 0 Å². The van der Waals surface area contributed by atoms with Crippen LogP contribution in [0.15, 0.2) is 12.1 Å². The lowest BCUT2D eigenvalue weighted by atomic mass is 10.2. The Balaban J connectivity index is 1.99. The fraction of sp³-hybridized carbons (Fsp3) is 0.500. The molecule has 1 fully saturated rings. The number of ether oxygens (including phenoxy) is 3. The van der Waals surface area contributed by atoms with Crippen LogP contribution < -0.4 is 15.2 Å². The van der Waals surface area contributed by atoms with Gasteiger partial charge in [0.2, 0.25) is 0 Å². The van der Waals surface area contributed by atoms with Crippen LogP contribution in [-0.2, 0) is 4.74 Å². The third-order valence-corrected chi connectivity index (χ3v) is 3.79.